The SMILES string of the molecule is CCC(F)(F)F.Cc1[nH]nc(Cl)c1NC(=O)c1cc(F)c(-c2cc(C(F)(F)F)cc(N)n2)cc1O. The Bertz CT molecular complexity index is 1210. The fourth-order valence-electron chi connectivity index (χ4n) is 2.52. The van der Waals surface area contributed by atoms with Gasteiger partial charge in [0.25, 0.3) is 5.91 Å². The van der Waals surface area contributed by atoms with Gasteiger partial charge in [0.05, 0.1) is 22.5 Å². The molecule has 2 aromatic heterocycles. The zero-order valence-electron chi connectivity index (χ0n) is 17.9. The van der Waals surface area contributed by atoms with Crippen LogP contribution < -0.4 is 11.1 Å². The molecule has 1 amide bonds. The smallest absolute Gasteiger partial charge is 0.416 e. The number of alkyl halides is 6. The number of aryl methyl sites for hydroxylation is 1. The fraction of sp³-hybridized carbons (Fsp3) is 0.250. The Labute approximate surface area is 198 Å². The zero-order valence-corrected chi connectivity index (χ0v) is 18.6. The van der Waals surface area contributed by atoms with Crippen LogP contribution in [-0.2, 0) is 6.18 Å². The first kappa shape index (κ1) is 27.7. The van der Waals surface area contributed by atoms with Crippen molar-refractivity contribution in [2.24, 2.45) is 0 Å². The first-order chi connectivity index (χ1) is 16.0. The average Bonchev–Trinajstić information content (AvgIpc) is 3.06. The summed E-state index contributed by atoms with van der Waals surface area (Å²) in [6, 6.07) is 2.64. The molecule has 0 aliphatic heterocycles. The first-order valence-electron chi connectivity index (χ1n) is 9.49. The predicted molar refractivity (Wildman–Crippen MR) is 113 cm³/mol. The molecule has 5 N–H and O–H groups in total. The van der Waals surface area contributed by atoms with Gasteiger partial charge in [0.2, 0.25) is 0 Å². The summed E-state index contributed by atoms with van der Waals surface area (Å²) in [6.45, 7) is 2.65. The van der Waals surface area contributed by atoms with Crippen LogP contribution in [0.15, 0.2) is 24.3 Å². The summed E-state index contributed by atoms with van der Waals surface area (Å²) in [7, 11) is 0. The van der Waals surface area contributed by atoms with Crippen molar-refractivity contribution in [2.75, 3.05) is 11.1 Å². The molecular weight excluding hydrogens is 511 g/mol. The van der Waals surface area contributed by atoms with E-state index >= 15 is 0 Å². The Kier molecular flexibility index (Phi) is 8.21. The number of nitrogens with zero attached hydrogens (tertiary/aromatic N) is 2. The number of pyridine rings is 1. The third kappa shape index (κ3) is 7.21. The van der Waals surface area contributed by atoms with Crippen molar-refractivity contribution < 1.29 is 40.6 Å². The fourth-order valence-corrected chi connectivity index (χ4v) is 2.75. The lowest BCUT2D eigenvalue weighted by atomic mass is 10.0. The van der Waals surface area contributed by atoms with Gasteiger partial charge in [-0.15, -0.1) is 0 Å². The third-order valence-electron chi connectivity index (χ3n) is 4.32. The molecule has 0 spiro atoms. The van der Waals surface area contributed by atoms with Gasteiger partial charge in [-0.3, -0.25) is 9.89 Å². The molecule has 0 bridgehead atoms. The van der Waals surface area contributed by atoms with E-state index in [1.54, 1.807) is 6.92 Å². The van der Waals surface area contributed by atoms with Crippen LogP contribution >= 0.6 is 11.6 Å². The lowest BCUT2D eigenvalue weighted by Gasteiger charge is -2.12. The number of anilines is 2. The van der Waals surface area contributed by atoms with E-state index < -0.39 is 64.4 Å². The number of carbonyl (C=O) groups is 1. The normalized spacial score (nSPS) is 11.6. The van der Waals surface area contributed by atoms with Crippen LogP contribution in [0.5, 0.6) is 5.75 Å². The summed E-state index contributed by atoms with van der Waals surface area (Å²) < 4.78 is 85.8. The van der Waals surface area contributed by atoms with Crippen molar-refractivity contribution in [3.63, 3.8) is 0 Å². The van der Waals surface area contributed by atoms with E-state index in [-0.39, 0.29) is 10.8 Å². The summed E-state index contributed by atoms with van der Waals surface area (Å²) in [5.41, 5.74) is 3.41. The predicted octanol–water partition coefficient (Wildman–Crippen LogP) is 6.09. The maximum atomic E-state index is 14.6. The molecule has 0 saturated carbocycles. The van der Waals surface area contributed by atoms with Gasteiger partial charge in [0.1, 0.15) is 23.1 Å². The molecule has 35 heavy (non-hydrogen) atoms. The van der Waals surface area contributed by atoms with Crippen molar-refractivity contribution in [2.45, 2.75) is 32.6 Å². The number of hydrogen-bond donors (Lipinski definition) is 4. The van der Waals surface area contributed by atoms with E-state index in [0.29, 0.717) is 23.9 Å². The van der Waals surface area contributed by atoms with Gasteiger partial charge >= 0.3 is 12.4 Å². The minimum Gasteiger partial charge on any atom is -0.507 e. The Balaban J connectivity index is 0.000000641. The molecule has 0 radical (unpaired) electrons. The number of nitrogens with one attached hydrogen (secondary N) is 2. The van der Waals surface area contributed by atoms with Gasteiger partial charge in [0, 0.05) is 12.0 Å². The number of rotatable bonds is 3. The van der Waals surface area contributed by atoms with Crippen LogP contribution in [0.4, 0.5) is 42.2 Å². The Hall–Kier alpha value is -3.55. The second-order valence-electron chi connectivity index (χ2n) is 6.95. The lowest BCUT2D eigenvalue weighted by molar-refractivity contribution is -0.137. The standard InChI is InChI=1S/C17H12ClF4N5O2.C3H5F3/c1-6-14(15(18)27-26-6)25-16(29)9-4-10(19)8(5-12(9)28)11-2-7(17(20,21)22)3-13(23)24-11;1-2-3(4,5)6/h2-5,28H,1H3,(H2,23,24)(H,25,29)(H,26,27);2H2,1H3. The number of amides is 1. The van der Waals surface area contributed by atoms with Crippen LogP contribution in [0, 0.1) is 12.7 Å². The number of phenols is 1. The van der Waals surface area contributed by atoms with Gasteiger partial charge in [-0.2, -0.15) is 31.4 Å². The summed E-state index contributed by atoms with van der Waals surface area (Å²) in [5, 5.41) is 18.7. The van der Waals surface area contributed by atoms with Gasteiger partial charge < -0.3 is 16.2 Å². The van der Waals surface area contributed by atoms with E-state index in [4.69, 9.17) is 17.3 Å². The van der Waals surface area contributed by atoms with Crippen molar-refractivity contribution in [1.29, 1.82) is 0 Å². The molecular formula is C20H17ClF7N5O2. The molecule has 3 rings (SSSR count). The number of benzene rings is 1. The molecule has 0 saturated heterocycles. The summed E-state index contributed by atoms with van der Waals surface area (Å²) in [4.78, 5) is 16.0. The highest BCUT2D eigenvalue weighted by molar-refractivity contribution is 6.33. The van der Waals surface area contributed by atoms with Gasteiger partial charge in [-0.1, -0.05) is 18.5 Å². The molecule has 0 aliphatic carbocycles. The zero-order chi connectivity index (χ0) is 26.7. The molecule has 0 aliphatic rings. The molecule has 2 heterocycles. The minimum absolute atomic E-state index is 0.0453. The maximum absolute atomic E-state index is 14.6. The highest BCUT2D eigenvalue weighted by Crippen LogP contribution is 2.35. The molecule has 1 aromatic carbocycles. The van der Waals surface area contributed by atoms with E-state index in [0.717, 1.165) is 13.0 Å². The third-order valence-corrected chi connectivity index (χ3v) is 4.59. The highest BCUT2D eigenvalue weighted by Gasteiger charge is 2.32. The molecule has 0 fully saturated rings. The van der Waals surface area contributed by atoms with Crippen molar-refractivity contribution >= 4 is 29.0 Å². The largest absolute Gasteiger partial charge is 0.507 e. The number of halogens is 8. The van der Waals surface area contributed by atoms with Gasteiger partial charge in [-0.05, 0) is 31.2 Å². The number of aromatic nitrogens is 3. The van der Waals surface area contributed by atoms with Crippen molar-refractivity contribution in [1.82, 2.24) is 15.2 Å². The van der Waals surface area contributed by atoms with Crippen LogP contribution in [0.1, 0.15) is 35.0 Å². The Morgan fingerprint density at radius 3 is 2.26 bits per heavy atom. The van der Waals surface area contributed by atoms with Crippen LogP contribution in [0.2, 0.25) is 5.15 Å². The number of phenolic OH excluding ortho intramolecular Hbond substituents is 1. The average molecular weight is 528 g/mol. The summed E-state index contributed by atoms with van der Waals surface area (Å²) >= 11 is 5.81. The number of aromatic hydroxyl groups is 1. The molecule has 15 heteroatoms. The van der Waals surface area contributed by atoms with E-state index in [2.05, 4.69) is 20.5 Å². The molecule has 3 aromatic rings. The van der Waals surface area contributed by atoms with E-state index in [9.17, 15) is 40.6 Å². The van der Waals surface area contributed by atoms with Crippen molar-refractivity contribution in [3.8, 4) is 17.0 Å². The maximum Gasteiger partial charge on any atom is 0.416 e. The summed E-state index contributed by atoms with van der Waals surface area (Å²) in [6.07, 6.45) is -9.42. The van der Waals surface area contributed by atoms with Crippen LogP contribution in [0.3, 0.4) is 0 Å². The lowest BCUT2D eigenvalue weighted by Crippen LogP contribution is -2.13. The number of carbonyl (C=O) groups excluding carboxylic acids is 1. The van der Waals surface area contributed by atoms with Gasteiger partial charge in [0.15, 0.2) is 5.15 Å². The second kappa shape index (κ2) is 10.4. The van der Waals surface area contributed by atoms with E-state index in [1.165, 1.54) is 0 Å². The molecule has 7 nitrogen and oxygen atoms in total. The number of nitrogen functional groups attached to an aromatic ring is 1. The quantitative estimate of drug-likeness (QED) is 0.308. The topological polar surface area (TPSA) is 117 Å². The number of nitrogens with two attached hydrogens (primary N) is 1. The molecule has 0 unspecified atom stereocenters. The number of aromatic amines is 1. The Morgan fingerprint density at radius 1 is 1.17 bits per heavy atom. The molecule has 0 atom stereocenters. The second-order valence-corrected chi connectivity index (χ2v) is 7.31. The van der Waals surface area contributed by atoms with Crippen LogP contribution in [0.25, 0.3) is 11.3 Å². The van der Waals surface area contributed by atoms with E-state index in [1.807, 2.05) is 0 Å². The number of hydrogen-bond acceptors (Lipinski definition) is 5. The molecule has 190 valence electrons. The number of H-pyrrole nitrogens is 1. The van der Waals surface area contributed by atoms with Crippen molar-refractivity contribution in [3.05, 3.63) is 52.1 Å². The first-order valence-corrected chi connectivity index (χ1v) is 9.87. The van der Waals surface area contributed by atoms with Crippen LogP contribution in [-0.4, -0.2) is 32.4 Å². The minimum atomic E-state index is -4.73. The Morgan fingerprint density at radius 2 is 1.77 bits per heavy atom. The van der Waals surface area contributed by atoms with Gasteiger partial charge in [-0.25, -0.2) is 9.37 Å². The highest BCUT2D eigenvalue weighted by atomic mass is 35.5. The monoisotopic (exact) mass is 527 g/mol. The summed E-state index contributed by atoms with van der Waals surface area (Å²) in [5.74, 6) is -3.17.